The van der Waals surface area contributed by atoms with Gasteiger partial charge in [-0.2, -0.15) is 0 Å². The lowest BCUT2D eigenvalue weighted by Gasteiger charge is -2.04. The molecule has 0 radical (unpaired) electrons. The molecule has 0 fully saturated rings. The Hall–Kier alpha value is -0.930. The molecule has 3 N–H and O–H groups in total. The quantitative estimate of drug-likeness (QED) is 0.666. The van der Waals surface area contributed by atoms with Crippen molar-refractivity contribution in [1.29, 1.82) is 0 Å². The summed E-state index contributed by atoms with van der Waals surface area (Å²) in [4.78, 5) is 0. The fourth-order valence-electron chi connectivity index (χ4n) is 1.58. The van der Waals surface area contributed by atoms with Crippen molar-refractivity contribution in [3.63, 3.8) is 0 Å². The van der Waals surface area contributed by atoms with E-state index in [2.05, 4.69) is 5.32 Å². The van der Waals surface area contributed by atoms with Crippen LogP contribution in [0.2, 0.25) is 0 Å². The smallest absolute Gasteiger partial charge is 0.123 e. The molecule has 0 amide bonds. The highest BCUT2D eigenvalue weighted by Gasteiger charge is 1.93. The second-order valence-corrected chi connectivity index (χ2v) is 4.01. The van der Waals surface area contributed by atoms with Gasteiger partial charge in [-0.05, 0) is 43.6 Å². The number of nitrogens with one attached hydrogen (secondary N) is 1. The zero-order valence-electron chi connectivity index (χ0n) is 9.71. The molecule has 16 heavy (non-hydrogen) atoms. The van der Waals surface area contributed by atoms with Gasteiger partial charge in [0.05, 0.1) is 0 Å². The van der Waals surface area contributed by atoms with Gasteiger partial charge in [0.25, 0.3) is 0 Å². The van der Waals surface area contributed by atoms with Crippen molar-refractivity contribution in [3.05, 3.63) is 35.6 Å². The lowest BCUT2D eigenvalue weighted by Crippen LogP contribution is -2.14. The van der Waals surface area contributed by atoms with Crippen LogP contribution in [0.25, 0.3) is 0 Å². The monoisotopic (exact) mass is 224 g/mol. The highest BCUT2D eigenvalue weighted by Crippen LogP contribution is 2.02. The zero-order valence-corrected chi connectivity index (χ0v) is 9.71. The minimum Gasteiger partial charge on any atom is -0.330 e. The standard InChI is InChI=1S/C13H21FN2/c14-13-7-5-12(6-8-13)11-16-10-4-2-1-3-9-15/h5-8,16H,1-4,9-11,15H2. The molecule has 3 heteroatoms. The number of nitrogens with two attached hydrogens (primary N) is 1. The largest absolute Gasteiger partial charge is 0.330 e. The molecule has 0 spiro atoms. The number of hydrogen-bond donors (Lipinski definition) is 2. The third-order valence-electron chi connectivity index (χ3n) is 2.55. The van der Waals surface area contributed by atoms with E-state index in [9.17, 15) is 4.39 Å². The molecule has 0 aromatic heterocycles. The van der Waals surface area contributed by atoms with E-state index in [-0.39, 0.29) is 5.82 Å². The molecule has 1 aromatic carbocycles. The predicted octanol–water partition coefficient (Wildman–Crippen LogP) is 2.43. The van der Waals surface area contributed by atoms with Crippen molar-refractivity contribution >= 4 is 0 Å². The molecule has 90 valence electrons. The van der Waals surface area contributed by atoms with Gasteiger partial charge >= 0.3 is 0 Å². The van der Waals surface area contributed by atoms with Gasteiger partial charge in [-0.15, -0.1) is 0 Å². The van der Waals surface area contributed by atoms with Crippen LogP contribution in [0.5, 0.6) is 0 Å². The second-order valence-electron chi connectivity index (χ2n) is 4.01. The van der Waals surface area contributed by atoms with E-state index in [4.69, 9.17) is 5.73 Å². The van der Waals surface area contributed by atoms with E-state index in [1.54, 1.807) is 0 Å². The molecule has 1 aromatic rings. The van der Waals surface area contributed by atoms with E-state index in [0.29, 0.717) is 0 Å². The van der Waals surface area contributed by atoms with E-state index in [0.717, 1.165) is 31.6 Å². The molecule has 1 rings (SSSR count). The average molecular weight is 224 g/mol. The third-order valence-corrected chi connectivity index (χ3v) is 2.55. The molecule has 0 heterocycles. The van der Waals surface area contributed by atoms with Gasteiger partial charge in [0.2, 0.25) is 0 Å². The van der Waals surface area contributed by atoms with Crippen molar-refractivity contribution in [2.24, 2.45) is 5.73 Å². The van der Waals surface area contributed by atoms with Gasteiger partial charge in [0, 0.05) is 6.54 Å². The van der Waals surface area contributed by atoms with Crippen LogP contribution in [0.3, 0.4) is 0 Å². The summed E-state index contributed by atoms with van der Waals surface area (Å²) in [5.41, 5.74) is 6.54. The predicted molar refractivity (Wildman–Crippen MR) is 65.6 cm³/mol. The van der Waals surface area contributed by atoms with E-state index >= 15 is 0 Å². The van der Waals surface area contributed by atoms with Crippen molar-refractivity contribution in [3.8, 4) is 0 Å². The van der Waals surface area contributed by atoms with Crippen LogP contribution in [-0.2, 0) is 6.54 Å². The Morgan fingerprint density at radius 2 is 1.69 bits per heavy atom. The number of hydrogen-bond acceptors (Lipinski definition) is 2. The molecule has 0 aliphatic rings. The molecule has 0 bridgehead atoms. The van der Waals surface area contributed by atoms with Gasteiger partial charge in [-0.25, -0.2) is 4.39 Å². The summed E-state index contributed by atoms with van der Waals surface area (Å²) < 4.78 is 12.6. The van der Waals surface area contributed by atoms with E-state index in [1.165, 1.54) is 31.4 Å². The molecule has 2 nitrogen and oxygen atoms in total. The summed E-state index contributed by atoms with van der Waals surface area (Å²) in [6, 6.07) is 6.63. The van der Waals surface area contributed by atoms with E-state index < -0.39 is 0 Å². The topological polar surface area (TPSA) is 38.0 Å². The third kappa shape index (κ3) is 5.83. The van der Waals surface area contributed by atoms with Crippen LogP contribution < -0.4 is 11.1 Å². The van der Waals surface area contributed by atoms with Crippen LogP contribution in [0.4, 0.5) is 4.39 Å². The first-order chi connectivity index (χ1) is 7.83. The molecule has 0 unspecified atom stereocenters. The molecule has 0 saturated heterocycles. The van der Waals surface area contributed by atoms with Crippen LogP contribution in [0, 0.1) is 5.82 Å². The Balaban J connectivity index is 2.01. The zero-order chi connectivity index (χ0) is 11.6. The maximum atomic E-state index is 12.6. The van der Waals surface area contributed by atoms with Crippen molar-refractivity contribution in [2.45, 2.75) is 32.2 Å². The number of halogens is 1. The normalized spacial score (nSPS) is 10.6. The maximum Gasteiger partial charge on any atom is 0.123 e. The van der Waals surface area contributed by atoms with Gasteiger partial charge in [-0.1, -0.05) is 25.0 Å². The first kappa shape index (κ1) is 13.1. The lowest BCUT2D eigenvalue weighted by atomic mass is 10.2. The fourth-order valence-corrected chi connectivity index (χ4v) is 1.58. The first-order valence-electron chi connectivity index (χ1n) is 5.98. The van der Waals surface area contributed by atoms with E-state index in [1.807, 2.05) is 12.1 Å². The van der Waals surface area contributed by atoms with Crippen molar-refractivity contribution in [2.75, 3.05) is 13.1 Å². The van der Waals surface area contributed by atoms with Gasteiger partial charge in [0.15, 0.2) is 0 Å². The molecule has 0 atom stereocenters. The number of benzene rings is 1. The highest BCUT2D eigenvalue weighted by molar-refractivity contribution is 5.15. The second kappa shape index (κ2) is 8.25. The van der Waals surface area contributed by atoms with Gasteiger partial charge in [-0.3, -0.25) is 0 Å². The Labute approximate surface area is 97.0 Å². The van der Waals surface area contributed by atoms with Crippen LogP contribution in [0.1, 0.15) is 31.2 Å². The highest BCUT2D eigenvalue weighted by atomic mass is 19.1. The Bertz CT molecular complexity index is 272. The van der Waals surface area contributed by atoms with Crippen molar-refractivity contribution in [1.82, 2.24) is 5.32 Å². The number of rotatable bonds is 8. The molecular weight excluding hydrogens is 203 g/mol. The molecular formula is C13H21FN2. The Morgan fingerprint density at radius 1 is 1.00 bits per heavy atom. The summed E-state index contributed by atoms with van der Waals surface area (Å²) in [5, 5.41) is 3.34. The SMILES string of the molecule is NCCCCCCNCc1ccc(F)cc1. The van der Waals surface area contributed by atoms with Gasteiger partial charge in [0.1, 0.15) is 5.82 Å². The molecule has 0 aliphatic carbocycles. The lowest BCUT2D eigenvalue weighted by molar-refractivity contribution is 0.589. The molecule has 0 saturated carbocycles. The summed E-state index contributed by atoms with van der Waals surface area (Å²) >= 11 is 0. The summed E-state index contributed by atoms with van der Waals surface area (Å²) in [7, 11) is 0. The van der Waals surface area contributed by atoms with Crippen LogP contribution in [-0.4, -0.2) is 13.1 Å². The van der Waals surface area contributed by atoms with Crippen LogP contribution >= 0.6 is 0 Å². The summed E-state index contributed by atoms with van der Waals surface area (Å²) in [5.74, 6) is -0.175. The first-order valence-corrected chi connectivity index (χ1v) is 5.98. The minimum atomic E-state index is -0.175. The fraction of sp³-hybridized carbons (Fsp3) is 0.538. The van der Waals surface area contributed by atoms with Crippen molar-refractivity contribution < 1.29 is 4.39 Å². The maximum absolute atomic E-state index is 12.6. The minimum absolute atomic E-state index is 0.175. The summed E-state index contributed by atoms with van der Waals surface area (Å²) in [6.45, 7) is 2.63. The van der Waals surface area contributed by atoms with Gasteiger partial charge < -0.3 is 11.1 Å². The number of unbranched alkanes of at least 4 members (excludes halogenated alkanes) is 3. The summed E-state index contributed by atoms with van der Waals surface area (Å²) in [6.07, 6.45) is 4.75. The Morgan fingerprint density at radius 3 is 2.38 bits per heavy atom. The Kier molecular flexibility index (Phi) is 6.77. The average Bonchev–Trinajstić information content (AvgIpc) is 2.30. The van der Waals surface area contributed by atoms with Crippen LogP contribution in [0.15, 0.2) is 24.3 Å². The molecule has 0 aliphatic heterocycles.